The summed E-state index contributed by atoms with van der Waals surface area (Å²) >= 11 is 0. The fourth-order valence-corrected chi connectivity index (χ4v) is 2.67. The third-order valence-electron chi connectivity index (χ3n) is 4.55. The quantitative estimate of drug-likeness (QED) is 0.579. The maximum absolute atomic E-state index is 12.3. The molecule has 0 aliphatic carbocycles. The van der Waals surface area contributed by atoms with Crippen molar-refractivity contribution in [2.45, 2.75) is 39.8 Å². The Balaban J connectivity index is 1.52. The van der Waals surface area contributed by atoms with Gasteiger partial charge < -0.3 is 19.9 Å². The number of anilines is 1. The number of hydrogen-bond acceptors (Lipinski definition) is 5. The van der Waals surface area contributed by atoms with E-state index in [1.165, 1.54) is 0 Å². The van der Waals surface area contributed by atoms with Crippen molar-refractivity contribution in [1.82, 2.24) is 10.5 Å². The highest BCUT2D eigenvalue weighted by molar-refractivity contribution is 6.04. The summed E-state index contributed by atoms with van der Waals surface area (Å²) < 4.78 is 10.8. The van der Waals surface area contributed by atoms with E-state index in [0.717, 1.165) is 12.0 Å². The normalized spacial score (nSPS) is 11.6. The highest BCUT2D eigenvalue weighted by Crippen LogP contribution is 2.18. The number of carbonyl (C=O) groups excluding carboxylic acids is 2. The van der Waals surface area contributed by atoms with Crippen LogP contribution in [0.15, 0.2) is 59.1 Å². The number of ether oxygens (including phenoxy) is 1. The molecule has 0 spiro atoms. The number of rotatable bonds is 8. The topological polar surface area (TPSA) is 93.5 Å². The molecule has 2 aromatic carbocycles. The van der Waals surface area contributed by atoms with Crippen LogP contribution in [0.1, 0.15) is 52.4 Å². The molecule has 0 radical (unpaired) electrons. The number of carbonyl (C=O) groups is 2. The Labute approximate surface area is 175 Å². The van der Waals surface area contributed by atoms with E-state index in [1.54, 1.807) is 36.4 Å². The molecular weight excluding hydrogens is 382 g/mol. The van der Waals surface area contributed by atoms with Gasteiger partial charge in [-0.1, -0.05) is 29.8 Å². The fourth-order valence-electron chi connectivity index (χ4n) is 2.67. The second kappa shape index (κ2) is 9.73. The standard InChI is InChI=1S/C23H25N3O4/c1-4-16(3)24-23(28)21-13-20(30-26-21)14-29-19-10-8-18(9-11-19)25-22(27)17-7-5-6-15(2)12-17/h5-13,16H,4,14H2,1-3H3,(H,24,28)(H,25,27)/t16-/m1/s1. The molecular formula is C23H25N3O4. The Kier molecular flexibility index (Phi) is 6.85. The predicted molar refractivity (Wildman–Crippen MR) is 114 cm³/mol. The van der Waals surface area contributed by atoms with E-state index in [2.05, 4.69) is 15.8 Å². The van der Waals surface area contributed by atoms with Gasteiger partial charge in [-0.05, 0) is 56.7 Å². The first-order valence-electron chi connectivity index (χ1n) is 9.82. The molecule has 0 aliphatic heterocycles. The van der Waals surface area contributed by atoms with Gasteiger partial charge in [-0.3, -0.25) is 9.59 Å². The van der Waals surface area contributed by atoms with Gasteiger partial charge in [0.05, 0.1) is 0 Å². The number of benzene rings is 2. The van der Waals surface area contributed by atoms with Crippen LogP contribution in [0.5, 0.6) is 5.75 Å². The Morgan fingerprint density at radius 3 is 2.57 bits per heavy atom. The third kappa shape index (κ3) is 5.70. The Morgan fingerprint density at radius 1 is 1.10 bits per heavy atom. The summed E-state index contributed by atoms with van der Waals surface area (Å²) in [7, 11) is 0. The first-order valence-corrected chi connectivity index (χ1v) is 9.82. The second-order valence-corrected chi connectivity index (χ2v) is 7.10. The number of hydrogen-bond donors (Lipinski definition) is 2. The van der Waals surface area contributed by atoms with Crippen molar-refractivity contribution in [2.24, 2.45) is 0 Å². The van der Waals surface area contributed by atoms with Gasteiger partial charge in [-0.2, -0.15) is 0 Å². The Morgan fingerprint density at radius 2 is 1.87 bits per heavy atom. The van der Waals surface area contributed by atoms with Gasteiger partial charge in [0.1, 0.15) is 12.4 Å². The summed E-state index contributed by atoms with van der Waals surface area (Å²) in [6.45, 7) is 6.00. The van der Waals surface area contributed by atoms with Crippen LogP contribution in [0.4, 0.5) is 5.69 Å². The molecule has 1 atom stereocenters. The first kappa shape index (κ1) is 21.1. The smallest absolute Gasteiger partial charge is 0.273 e. The van der Waals surface area contributed by atoms with E-state index in [9.17, 15) is 9.59 Å². The molecule has 156 valence electrons. The van der Waals surface area contributed by atoms with E-state index >= 15 is 0 Å². The van der Waals surface area contributed by atoms with Crippen LogP contribution in [0.2, 0.25) is 0 Å². The van der Waals surface area contributed by atoms with Crippen molar-refractivity contribution in [1.29, 1.82) is 0 Å². The van der Waals surface area contributed by atoms with E-state index in [4.69, 9.17) is 9.26 Å². The monoisotopic (exact) mass is 407 g/mol. The minimum Gasteiger partial charge on any atom is -0.486 e. The zero-order chi connectivity index (χ0) is 21.5. The van der Waals surface area contributed by atoms with Crippen LogP contribution in [0.3, 0.4) is 0 Å². The zero-order valence-corrected chi connectivity index (χ0v) is 17.3. The van der Waals surface area contributed by atoms with E-state index in [1.807, 2.05) is 39.0 Å². The number of amides is 2. The van der Waals surface area contributed by atoms with Gasteiger partial charge in [0.25, 0.3) is 11.8 Å². The Bertz CT molecular complexity index is 1010. The first-order chi connectivity index (χ1) is 14.4. The van der Waals surface area contributed by atoms with E-state index < -0.39 is 0 Å². The number of nitrogens with one attached hydrogen (secondary N) is 2. The maximum atomic E-state index is 12.3. The molecule has 30 heavy (non-hydrogen) atoms. The van der Waals surface area contributed by atoms with Gasteiger partial charge in [0, 0.05) is 23.4 Å². The summed E-state index contributed by atoms with van der Waals surface area (Å²) in [6.07, 6.45) is 0.834. The van der Waals surface area contributed by atoms with Crippen LogP contribution in [0.25, 0.3) is 0 Å². The maximum Gasteiger partial charge on any atom is 0.273 e. The van der Waals surface area contributed by atoms with Gasteiger partial charge in [-0.15, -0.1) is 0 Å². The number of aromatic nitrogens is 1. The molecule has 0 saturated heterocycles. The average Bonchev–Trinajstić information content (AvgIpc) is 3.22. The summed E-state index contributed by atoms with van der Waals surface area (Å²) in [5.74, 6) is 0.608. The lowest BCUT2D eigenvalue weighted by Gasteiger charge is -2.08. The van der Waals surface area contributed by atoms with Crippen LogP contribution >= 0.6 is 0 Å². The van der Waals surface area contributed by atoms with Crippen molar-refractivity contribution < 1.29 is 18.8 Å². The van der Waals surface area contributed by atoms with Gasteiger partial charge in [0.2, 0.25) is 0 Å². The highest BCUT2D eigenvalue weighted by atomic mass is 16.5. The molecule has 0 bridgehead atoms. The SMILES string of the molecule is CC[C@@H](C)NC(=O)c1cc(COc2ccc(NC(=O)c3cccc(C)c3)cc2)on1. The lowest BCUT2D eigenvalue weighted by molar-refractivity contribution is 0.0929. The lowest BCUT2D eigenvalue weighted by atomic mass is 10.1. The molecule has 0 fully saturated rings. The lowest BCUT2D eigenvalue weighted by Crippen LogP contribution is -2.32. The molecule has 0 unspecified atom stereocenters. The summed E-state index contributed by atoms with van der Waals surface area (Å²) in [5.41, 5.74) is 2.52. The van der Waals surface area contributed by atoms with Gasteiger partial charge >= 0.3 is 0 Å². The summed E-state index contributed by atoms with van der Waals surface area (Å²) in [5, 5.41) is 9.47. The van der Waals surface area contributed by atoms with E-state index in [0.29, 0.717) is 22.8 Å². The zero-order valence-electron chi connectivity index (χ0n) is 17.3. The van der Waals surface area contributed by atoms with Crippen molar-refractivity contribution in [3.63, 3.8) is 0 Å². The van der Waals surface area contributed by atoms with E-state index in [-0.39, 0.29) is 30.2 Å². The molecule has 1 aromatic heterocycles. The van der Waals surface area contributed by atoms with Crippen LogP contribution < -0.4 is 15.4 Å². The molecule has 0 saturated carbocycles. The van der Waals surface area contributed by atoms with Gasteiger partial charge in [-0.25, -0.2) is 0 Å². The minimum atomic E-state index is -0.270. The number of nitrogens with zero attached hydrogens (tertiary/aromatic N) is 1. The largest absolute Gasteiger partial charge is 0.486 e. The molecule has 2 N–H and O–H groups in total. The van der Waals surface area contributed by atoms with Gasteiger partial charge in [0.15, 0.2) is 11.5 Å². The van der Waals surface area contributed by atoms with Crippen molar-refractivity contribution in [3.8, 4) is 5.75 Å². The minimum absolute atomic E-state index is 0.0684. The van der Waals surface area contributed by atoms with Crippen molar-refractivity contribution in [3.05, 3.63) is 77.2 Å². The predicted octanol–water partition coefficient (Wildman–Crippen LogP) is 4.34. The molecule has 7 heteroatoms. The molecule has 0 aliphatic rings. The molecule has 3 rings (SSSR count). The van der Waals surface area contributed by atoms with Crippen LogP contribution in [-0.2, 0) is 6.61 Å². The highest BCUT2D eigenvalue weighted by Gasteiger charge is 2.14. The average molecular weight is 407 g/mol. The van der Waals surface area contributed by atoms with Crippen molar-refractivity contribution >= 4 is 17.5 Å². The number of aryl methyl sites for hydroxylation is 1. The summed E-state index contributed by atoms with van der Waals surface area (Å²) in [6, 6.07) is 16.0. The van der Waals surface area contributed by atoms with Crippen LogP contribution in [0, 0.1) is 6.92 Å². The third-order valence-corrected chi connectivity index (χ3v) is 4.55. The molecule has 7 nitrogen and oxygen atoms in total. The van der Waals surface area contributed by atoms with Crippen molar-refractivity contribution in [2.75, 3.05) is 5.32 Å². The molecule has 3 aromatic rings. The molecule has 1 heterocycles. The Hall–Kier alpha value is -3.61. The fraction of sp³-hybridized carbons (Fsp3) is 0.261. The molecule has 2 amide bonds. The second-order valence-electron chi connectivity index (χ2n) is 7.10. The van der Waals surface area contributed by atoms with Crippen LogP contribution in [-0.4, -0.2) is 23.0 Å². The summed E-state index contributed by atoms with van der Waals surface area (Å²) in [4.78, 5) is 24.4.